The number of benzene rings is 1. The van der Waals surface area contributed by atoms with Gasteiger partial charge in [0.1, 0.15) is 10.8 Å². The van der Waals surface area contributed by atoms with Gasteiger partial charge in [-0.1, -0.05) is 33.3 Å². The summed E-state index contributed by atoms with van der Waals surface area (Å²) in [6.07, 6.45) is 0. The van der Waals surface area contributed by atoms with Crippen molar-refractivity contribution >= 4 is 43.5 Å². The summed E-state index contributed by atoms with van der Waals surface area (Å²) in [7, 11) is 0. The van der Waals surface area contributed by atoms with Gasteiger partial charge in [-0.2, -0.15) is 0 Å². The molecular weight excluding hydrogens is 282 g/mol. The molecule has 15 heavy (non-hydrogen) atoms. The molecule has 1 aromatic heterocycles. The van der Waals surface area contributed by atoms with Crippen LogP contribution in [0.15, 0.2) is 23.0 Å². The third-order valence-electron chi connectivity index (χ3n) is 1.75. The molecule has 0 unspecified atom stereocenters. The number of halogens is 1. The number of H-pyrrole nitrogens is 1. The van der Waals surface area contributed by atoms with Gasteiger partial charge in [0.15, 0.2) is 5.75 Å². The SMILES string of the molecule is O=C(CBr)Oc1cccc2sc(=O)[nH]c12. The van der Waals surface area contributed by atoms with Crippen LogP contribution in [0.5, 0.6) is 5.75 Å². The molecule has 0 amide bonds. The van der Waals surface area contributed by atoms with Gasteiger partial charge in [0.05, 0.1) is 4.70 Å². The molecule has 4 nitrogen and oxygen atoms in total. The van der Waals surface area contributed by atoms with Gasteiger partial charge in [-0.05, 0) is 12.1 Å². The summed E-state index contributed by atoms with van der Waals surface area (Å²) in [5.41, 5.74) is 0.571. The second-order valence-electron chi connectivity index (χ2n) is 2.75. The zero-order chi connectivity index (χ0) is 10.8. The summed E-state index contributed by atoms with van der Waals surface area (Å²) in [6, 6.07) is 5.18. The zero-order valence-electron chi connectivity index (χ0n) is 7.45. The van der Waals surface area contributed by atoms with E-state index >= 15 is 0 Å². The Kier molecular flexibility index (Phi) is 2.88. The number of ether oxygens (including phenoxy) is 1. The second kappa shape index (κ2) is 4.16. The molecule has 0 aliphatic rings. The number of nitrogens with one attached hydrogen (secondary N) is 1. The largest absolute Gasteiger partial charge is 0.424 e. The van der Waals surface area contributed by atoms with Crippen molar-refractivity contribution in [3.05, 3.63) is 27.9 Å². The zero-order valence-corrected chi connectivity index (χ0v) is 9.85. The monoisotopic (exact) mass is 287 g/mol. The fraction of sp³-hybridized carbons (Fsp3) is 0.111. The van der Waals surface area contributed by atoms with Crippen molar-refractivity contribution in [3.63, 3.8) is 0 Å². The van der Waals surface area contributed by atoms with Gasteiger partial charge in [0, 0.05) is 0 Å². The van der Waals surface area contributed by atoms with E-state index in [1.54, 1.807) is 18.2 Å². The molecule has 0 fully saturated rings. The first-order valence-electron chi connectivity index (χ1n) is 4.09. The maximum Gasteiger partial charge on any atom is 0.322 e. The fourth-order valence-electron chi connectivity index (χ4n) is 1.18. The maximum absolute atomic E-state index is 11.1. The molecule has 2 aromatic rings. The molecule has 1 aromatic carbocycles. The van der Waals surface area contributed by atoms with E-state index < -0.39 is 5.97 Å². The van der Waals surface area contributed by atoms with Gasteiger partial charge in [-0.25, -0.2) is 0 Å². The van der Waals surface area contributed by atoms with Crippen molar-refractivity contribution in [2.75, 3.05) is 5.33 Å². The van der Waals surface area contributed by atoms with E-state index in [1.165, 1.54) is 0 Å². The first-order chi connectivity index (χ1) is 7.20. The molecule has 0 spiro atoms. The van der Waals surface area contributed by atoms with Crippen molar-refractivity contribution < 1.29 is 9.53 Å². The van der Waals surface area contributed by atoms with Crippen LogP contribution in [0, 0.1) is 0 Å². The predicted octanol–water partition coefficient (Wildman–Crippen LogP) is 1.89. The number of para-hydroxylation sites is 1. The lowest BCUT2D eigenvalue weighted by molar-refractivity contribution is -0.131. The molecule has 0 bridgehead atoms. The summed E-state index contributed by atoms with van der Waals surface area (Å²) >= 11 is 4.08. The van der Waals surface area contributed by atoms with Crippen LogP contribution in [0.2, 0.25) is 0 Å². The lowest BCUT2D eigenvalue weighted by atomic mass is 10.3. The lowest BCUT2D eigenvalue weighted by Crippen LogP contribution is -2.09. The molecular formula is C9H6BrNO3S. The first kappa shape index (κ1) is 10.4. The molecule has 1 heterocycles. The maximum atomic E-state index is 11.1. The Morgan fingerprint density at radius 3 is 3.07 bits per heavy atom. The molecule has 0 saturated heterocycles. The highest BCUT2D eigenvalue weighted by molar-refractivity contribution is 9.09. The number of carbonyl (C=O) groups excluding carboxylic acids is 1. The smallest absolute Gasteiger partial charge is 0.322 e. The van der Waals surface area contributed by atoms with Crippen LogP contribution in [-0.2, 0) is 4.79 Å². The van der Waals surface area contributed by atoms with E-state index in [9.17, 15) is 9.59 Å². The highest BCUT2D eigenvalue weighted by Gasteiger charge is 2.09. The summed E-state index contributed by atoms with van der Waals surface area (Å²) in [5.74, 6) is -0.00940. The number of esters is 1. The lowest BCUT2D eigenvalue weighted by Gasteiger charge is -2.02. The van der Waals surface area contributed by atoms with Gasteiger partial charge in [0.25, 0.3) is 0 Å². The molecule has 6 heteroatoms. The average Bonchev–Trinajstić information content (AvgIpc) is 2.59. The second-order valence-corrected chi connectivity index (χ2v) is 4.33. The van der Waals surface area contributed by atoms with Crippen LogP contribution in [0.4, 0.5) is 0 Å². The molecule has 0 aliphatic heterocycles. The number of hydrogen-bond acceptors (Lipinski definition) is 4. The van der Waals surface area contributed by atoms with E-state index in [0.29, 0.717) is 11.3 Å². The molecule has 0 aliphatic carbocycles. The Hall–Kier alpha value is -1.14. The average molecular weight is 288 g/mol. The highest BCUT2D eigenvalue weighted by Crippen LogP contribution is 2.24. The third-order valence-corrected chi connectivity index (χ3v) is 3.06. The first-order valence-corrected chi connectivity index (χ1v) is 6.03. The van der Waals surface area contributed by atoms with E-state index in [4.69, 9.17) is 4.74 Å². The summed E-state index contributed by atoms with van der Waals surface area (Å²) in [4.78, 5) is 24.7. The predicted molar refractivity (Wildman–Crippen MR) is 61.9 cm³/mol. The van der Waals surface area contributed by atoms with Crippen LogP contribution in [0.25, 0.3) is 10.2 Å². The van der Waals surface area contributed by atoms with Crippen LogP contribution in [-0.4, -0.2) is 16.3 Å². The van der Waals surface area contributed by atoms with Gasteiger partial charge in [-0.15, -0.1) is 0 Å². The van der Waals surface area contributed by atoms with Gasteiger partial charge >= 0.3 is 10.8 Å². The summed E-state index contributed by atoms with van der Waals surface area (Å²) in [5, 5.41) is 0.123. The van der Waals surface area contributed by atoms with Crippen LogP contribution in [0.3, 0.4) is 0 Å². The van der Waals surface area contributed by atoms with Gasteiger partial charge in [0.2, 0.25) is 0 Å². The quantitative estimate of drug-likeness (QED) is 0.521. The Morgan fingerprint density at radius 1 is 1.53 bits per heavy atom. The van der Waals surface area contributed by atoms with Crippen LogP contribution < -0.4 is 9.61 Å². The van der Waals surface area contributed by atoms with E-state index in [2.05, 4.69) is 20.9 Å². The van der Waals surface area contributed by atoms with Crippen molar-refractivity contribution in [2.45, 2.75) is 0 Å². The molecule has 0 saturated carbocycles. The molecule has 0 radical (unpaired) electrons. The highest BCUT2D eigenvalue weighted by atomic mass is 79.9. The van der Waals surface area contributed by atoms with Crippen molar-refractivity contribution in [3.8, 4) is 5.75 Å². The van der Waals surface area contributed by atoms with Crippen LogP contribution >= 0.6 is 27.3 Å². The van der Waals surface area contributed by atoms with Crippen LogP contribution in [0.1, 0.15) is 0 Å². The van der Waals surface area contributed by atoms with Crippen molar-refractivity contribution in [1.82, 2.24) is 4.98 Å². The Morgan fingerprint density at radius 2 is 2.33 bits per heavy atom. The van der Waals surface area contributed by atoms with Gasteiger partial charge < -0.3 is 9.72 Å². The van der Waals surface area contributed by atoms with Crippen molar-refractivity contribution in [1.29, 1.82) is 0 Å². The molecule has 0 atom stereocenters. The molecule has 78 valence electrons. The number of aromatic amines is 1. The normalized spacial score (nSPS) is 10.5. The minimum absolute atomic E-state index is 0.123. The van der Waals surface area contributed by atoms with E-state index in [0.717, 1.165) is 16.0 Å². The Bertz CT molecular complexity index is 560. The minimum atomic E-state index is -0.394. The molecule has 2 rings (SSSR count). The number of alkyl halides is 1. The molecule has 1 N–H and O–H groups in total. The minimum Gasteiger partial charge on any atom is -0.424 e. The van der Waals surface area contributed by atoms with Gasteiger partial charge in [-0.3, -0.25) is 9.59 Å². The van der Waals surface area contributed by atoms with E-state index in [1.807, 2.05) is 0 Å². The number of rotatable bonds is 2. The van der Waals surface area contributed by atoms with E-state index in [-0.39, 0.29) is 10.2 Å². The number of hydrogen-bond donors (Lipinski definition) is 1. The topological polar surface area (TPSA) is 59.2 Å². The van der Waals surface area contributed by atoms with Crippen molar-refractivity contribution in [2.24, 2.45) is 0 Å². The number of fused-ring (bicyclic) bond motifs is 1. The standard InChI is InChI=1S/C9H6BrNO3S/c10-4-7(12)14-5-2-1-3-6-8(5)11-9(13)15-6/h1-3H,4H2,(H,11,13). The Labute approximate surface area is 97.0 Å². The third kappa shape index (κ3) is 2.10. The Balaban J connectivity index is 2.50. The summed E-state index contributed by atoms with van der Waals surface area (Å²) in [6.45, 7) is 0. The number of carbonyl (C=O) groups is 1. The summed E-state index contributed by atoms with van der Waals surface area (Å²) < 4.78 is 5.82. The number of aromatic nitrogens is 1. The fourth-order valence-corrected chi connectivity index (χ4v) is 2.05. The number of thiazole rings is 1.